The maximum absolute atomic E-state index is 12.3. The first-order chi connectivity index (χ1) is 10.9. The molecule has 1 heterocycles. The van der Waals surface area contributed by atoms with Crippen molar-refractivity contribution < 1.29 is 19.4 Å². The second-order valence-electron chi connectivity index (χ2n) is 7.98. The molecule has 0 saturated heterocycles. The fraction of sp³-hybridized carbons (Fsp3) is 0.611. The molecule has 1 amide bonds. The van der Waals surface area contributed by atoms with Gasteiger partial charge in [-0.3, -0.25) is 14.6 Å². The van der Waals surface area contributed by atoms with Crippen molar-refractivity contribution in [2.24, 2.45) is 16.7 Å². The molecule has 6 heteroatoms. The zero-order chi connectivity index (χ0) is 18.7. The number of ether oxygens (including phenoxy) is 1. The zero-order valence-electron chi connectivity index (χ0n) is 15.5. The van der Waals surface area contributed by atoms with Gasteiger partial charge >= 0.3 is 5.97 Å². The van der Waals surface area contributed by atoms with E-state index in [4.69, 9.17) is 4.74 Å². The highest BCUT2D eigenvalue weighted by Gasteiger charge is 2.40. The molecule has 0 aliphatic carbocycles. The standard InChI is InChI=1S/C18H28N2O4/c1-17(2,3)13(15(22)24-7)14(21)11-10-19-9-8-12(11)20-16(23)18(4,5)6/h8-10,13-14,21H,1-7H3,(H,19,20,23). The van der Waals surface area contributed by atoms with Crippen LogP contribution in [0.3, 0.4) is 0 Å². The van der Waals surface area contributed by atoms with E-state index in [0.717, 1.165) is 0 Å². The number of aliphatic hydroxyl groups is 1. The molecule has 1 aromatic heterocycles. The molecule has 0 aliphatic rings. The summed E-state index contributed by atoms with van der Waals surface area (Å²) in [6.07, 6.45) is 1.84. The van der Waals surface area contributed by atoms with E-state index in [0.29, 0.717) is 11.3 Å². The molecular weight excluding hydrogens is 308 g/mol. The van der Waals surface area contributed by atoms with Gasteiger partial charge in [-0.1, -0.05) is 41.5 Å². The number of nitrogens with one attached hydrogen (secondary N) is 1. The lowest BCUT2D eigenvalue weighted by atomic mass is 9.75. The number of aromatic nitrogens is 1. The molecule has 0 fully saturated rings. The maximum Gasteiger partial charge on any atom is 0.312 e. The lowest BCUT2D eigenvalue weighted by molar-refractivity contribution is -0.155. The second kappa shape index (κ2) is 7.30. The summed E-state index contributed by atoms with van der Waals surface area (Å²) < 4.78 is 4.85. The Bertz CT molecular complexity index is 600. The number of carbonyl (C=O) groups is 2. The lowest BCUT2D eigenvalue weighted by Gasteiger charge is -2.33. The van der Waals surface area contributed by atoms with E-state index in [1.54, 1.807) is 26.8 Å². The van der Waals surface area contributed by atoms with Crippen LogP contribution in [-0.2, 0) is 14.3 Å². The van der Waals surface area contributed by atoms with E-state index in [-0.39, 0.29) is 5.91 Å². The number of rotatable bonds is 4. The van der Waals surface area contributed by atoms with Crippen molar-refractivity contribution in [3.63, 3.8) is 0 Å². The van der Waals surface area contributed by atoms with Crippen LogP contribution in [0.25, 0.3) is 0 Å². The molecule has 0 aliphatic heterocycles. The Kier molecular flexibility index (Phi) is 6.11. The van der Waals surface area contributed by atoms with Gasteiger partial charge in [-0.15, -0.1) is 0 Å². The summed E-state index contributed by atoms with van der Waals surface area (Å²) in [6, 6.07) is 1.61. The zero-order valence-corrected chi connectivity index (χ0v) is 15.5. The van der Waals surface area contributed by atoms with Gasteiger partial charge in [0.2, 0.25) is 5.91 Å². The third-order valence-corrected chi connectivity index (χ3v) is 3.80. The molecule has 1 aromatic rings. The monoisotopic (exact) mass is 336 g/mol. The van der Waals surface area contributed by atoms with Crippen LogP contribution in [0.5, 0.6) is 0 Å². The van der Waals surface area contributed by atoms with Crippen molar-refractivity contribution in [2.75, 3.05) is 12.4 Å². The van der Waals surface area contributed by atoms with Gasteiger partial charge in [-0.25, -0.2) is 0 Å². The van der Waals surface area contributed by atoms with Gasteiger partial charge in [0.05, 0.1) is 19.1 Å². The fourth-order valence-corrected chi connectivity index (χ4v) is 2.33. The molecule has 0 saturated carbocycles. The topological polar surface area (TPSA) is 88.5 Å². The van der Waals surface area contributed by atoms with Gasteiger partial charge in [-0.05, 0) is 11.5 Å². The van der Waals surface area contributed by atoms with Crippen LogP contribution in [0.15, 0.2) is 18.5 Å². The molecule has 1 rings (SSSR count). The number of esters is 1. The van der Waals surface area contributed by atoms with Gasteiger partial charge in [0.15, 0.2) is 0 Å². The average Bonchev–Trinajstić information content (AvgIpc) is 2.45. The number of carbonyl (C=O) groups excluding carboxylic acids is 2. The Hall–Kier alpha value is -1.95. The molecule has 0 bridgehead atoms. The second-order valence-corrected chi connectivity index (χ2v) is 7.98. The quantitative estimate of drug-likeness (QED) is 0.825. The van der Waals surface area contributed by atoms with Crippen molar-refractivity contribution >= 4 is 17.6 Å². The number of nitrogens with zero attached hydrogens (tertiary/aromatic N) is 1. The Morgan fingerprint density at radius 1 is 1.21 bits per heavy atom. The molecule has 6 nitrogen and oxygen atoms in total. The first kappa shape index (κ1) is 20.1. The number of pyridine rings is 1. The molecule has 2 unspecified atom stereocenters. The van der Waals surface area contributed by atoms with E-state index >= 15 is 0 Å². The molecule has 2 N–H and O–H groups in total. The SMILES string of the molecule is COC(=O)C(C(O)c1cnccc1NC(=O)C(C)(C)C)C(C)(C)C. The summed E-state index contributed by atoms with van der Waals surface area (Å²) in [4.78, 5) is 28.5. The van der Waals surface area contributed by atoms with Gasteiger partial charge in [0, 0.05) is 29.1 Å². The minimum Gasteiger partial charge on any atom is -0.469 e. The maximum atomic E-state index is 12.3. The molecular formula is C18H28N2O4. The Morgan fingerprint density at radius 3 is 2.25 bits per heavy atom. The highest BCUT2D eigenvalue weighted by molar-refractivity contribution is 5.95. The van der Waals surface area contributed by atoms with Crippen LogP contribution in [0.1, 0.15) is 53.2 Å². The van der Waals surface area contributed by atoms with Crippen LogP contribution in [0.4, 0.5) is 5.69 Å². The van der Waals surface area contributed by atoms with Crippen LogP contribution in [-0.4, -0.2) is 29.1 Å². The molecule has 2 atom stereocenters. The molecule has 0 aromatic carbocycles. The third kappa shape index (κ3) is 4.77. The van der Waals surface area contributed by atoms with Gasteiger partial charge < -0.3 is 15.2 Å². The number of hydrogen-bond acceptors (Lipinski definition) is 5. The predicted molar refractivity (Wildman–Crippen MR) is 92.2 cm³/mol. The Morgan fingerprint density at radius 2 is 1.79 bits per heavy atom. The first-order valence-electron chi connectivity index (χ1n) is 7.91. The number of anilines is 1. The number of amides is 1. The summed E-state index contributed by atoms with van der Waals surface area (Å²) in [5.41, 5.74) is -0.290. The lowest BCUT2D eigenvalue weighted by Crippen LogP contribution is -2.35. The molecule has 0 spiro atoms. The van der Waals surface area contributed by atoms with Gasteiger partial charge in [0.1, 0.15) is 0 Å². The van der Waals surface area contributed by atoms with E-state index in [9.17, 15) is 14.7 Å². The summed E-state index contributed by atoms with van der Waals surface area (Å²) in [6.45, 7) is 10.9. The Balaban J connectivity index is 3.25. The van der Waals surface area contributed by atoms with Gasteiger partial charge in [-0.2, -0.15) is 0 Å². The number of hydrogen-bond donors (Lipinski definition) is 2. The fourth-order valence-electron chi connectivity index (χ4n) is 2.33. The first-order valence-corrected chi connectivity index (χ1v) is 7.91. The summed E-state index contributed by atoms with van der Waals surface area (Å²) in [5, 5.41) is 13.6. The van der Waals surface area contributed by atoms with E-state index in [1.165, 1.54) is 19.5 Å². The smallest absolute Gasteiger partial charge is 0.312 e. The summed E-state index contributed by atoms with van der Waals surface area (Å²) in [7, 11) is 1.29. The number of aliphatic hydroxyl groups excluding tert-OH is 1. The van der Waals surface area contributed by atoms with Crippen molar-refractivity contribution in [3.8, 4) is 0 Å². The Labute approximate surface area is 143 Å². The summed E-state index contributed by atoms with van der Waals surface area (Å²) in [5.74, 6) is -1.49. The third-order valence-electron chi connectivity index (χ3n) is 3.80. The van der Waals surface area contributed by atoms with E-state index < -0.39 is 28.8 Å². The van der Waals surface area contributed by atoms with E-state index in [2.05, 4.69) is 10.3 Å². The summed E-state index contributed by atoms with van der Waals surface area (Å²) >= 11 is 0. The van der Waals surface area contributed by atoms with Crippen LogP contribution in [0.2, 0.25) is 0 Å². The number of methoxy groups -OCH3 is 1. The minimum absolute atomic E-state index is 0.187. The highest BCUT2D eigenvalue weighted by atomic mass is 16.5. The van der Waals surface area contributed by atoms with Crippen LogP contribution < -0.4 is 5.32 Å². The highest BCUT2D eigenvalue weighted by Crippen LogP contribution is 2.39. The minimum atomic E-state index is -1.15. The normalized spacial score (nSPS) is 14.7. The molecule has 134 valence electrons. The van der Waals surface area contributed by atoms with Crippen molar-refractivity contribution in [3.05, 3.63) is 24.0 Å². The van der Waals surface area contributed by atoms with Crippen LogP contribution >= 0.6 is 0 Å². The molecule has 24 heavy (non-hydrogen) atoms. The van der Waals surface area contributed by atoms with E-state index in [1.807, 2.05) is 20.8 Å². The molecule has 0 radical (unpaired) electrons. The largest absolute Gasteiger partial charge is 0.469 e. The van der Waals surface area contributed by atoms with Crippen LogP contribution in [0, 0.1) is 16.7 Å². The van der Waals surface area contributed by atoms with Crippen molar-refractivity contribution in [2.45, 2.75) is 47.6 Å². The van der Waals surface area contributed by atoms with Crippen molar-refractivity contribution in [1.29, 1.82) is 0 Å². The predicted octanol–water partition coefficient (Wildman–Crippen LogP) is 2.93. The average molecular weight is 336 g/mol. The van der Waals surface area contributed by atoms with Crippen molar-refractivity contribution in [1.82, 2.24) is 4.98 Å². The van der Waals surface area contributed by atoms with Gasteiger partial charge in [0.25, 0.3) is 0 Å².